The average Bonchev–Trinajstić information content (AvgIpc) is 2.64. The highest BCUT2D eigenvalue weighted by Gasteiger charge is 2.31. The number of ether oxygens (including phenoxy) is 2. The van der Waals surface area contributed by atoms with Crippen LogP contribution in [-0.2, 0) is 9.84 Å². The zero-order chi connectivity index (χ0) is 19.6. The van der Waals surface area contributed by atoms with Gasteiger partial charge in [0.15, 0.2) is 21.3 Å². The molecule has 0 aromatic heterocycles. The quantitative estimate of drug-likeness (QED) is 0.839. The summed E-state index contributed by atoms with van der Waals surface area (Å²) < 4.78 is 58.5. The maximum atomic E-state index is 12.6. The van der Waals surface area contributed by atoms with Gasteiger partial charge in [0.25, 0.3) is 5.91 Å². The predicted octanol–water partition coefficient (Wildman–Crippen LogP) is 2.95. The van der Waals surface area contributed by atoms with Crippen LogP contribution in [0.25, 0.3) is 0 Å². The summed E-state index contributed by atoms with van der Waals surface area (Å²) >= 11 is 0. The van der Waals surface area contributed by atoms with E-state index in [4.69, 9.17) is 4.74 Å². The normalized spacial score (nSPS) is 17.9. The topological polar surface area (TPSA) is 81.7 Å². The van der Waals surface area contributed by atoms with Gasteiger partial charge in [-0.1, -0.05) is 18.2 Å². The van der Waals surface area contributed by atoms with Crippen LogP contribution in [0.3, 0.4) is 0 Å². The number of hydrogen-bond donors (Lipinski definition) is 1. The summed E-state index contributed by atoms with van der Waals surface area (Å²) in [4.78, 5) is 12.8. The number of carbonyl (C=O) groups excluding carboxylic acids is 1. The molecule has 0 aliphatic carbocycles. The van der Waals surface area contributed by atoms with E-state index in [0.717, 1.165) is 0 Å². The maximum Gasteiger partial charge on any atom is 0.387 e. The second-order valence-electron chi connectivity index (χ2n) is 5.92. The SMILES string of the molecule is COc1cc(C(=O)NC2CCS(=O)(=O)c3ccccc32)ccc1OC(F)F. The Morgan fingerprint density at radius 2 is 1.93 bits per heavy atom. The molecule has 1 N–H and O–H groups in total. The fourth-order valence-electron chi connectivity index (χ4n) is 2.98. The molecular weight excluding hydrogens is 380 g/mol. The molecule has 3 rings (SSSR count). The fourth-order valence-corrected chi connectivity index (χ4v) is 4.60. The smallest absolute Gasteiger partial charge is 0.387 e. The molecule has 6 nitrogen and oxygen atoms in total. The van der Waals surface area contributed by atoms with Crippen LogP contribution in [0.4, 0.5) is 8.78 Å². The number of sulfone groups is 1. The number of fused-ring (bicyclic) bond motifs is 1. The third-order valence-corrected chi connectivity index (χ3v) is 6.07. The van der Waals surface area contributed by atoms with Crippen LogP contribution >= 0.6 is 0 Å². The fraction of sp³-hybridized carbons (Fsp3) is 0.278. The molecule has 1 aliphatic rings. The first kappa shape index (κ1) is 19.1. The van der Waals surface area contributed by atoms with E-state index in [1.165, 1.54) is 31.4 Å². The number of amides is 1. The van der Waals surface area contributed by atoms with Crippen molar-refractivity contribution in [3.63, 3.8) is 0 Å². The van der Waals surface area contributed by atoms with Crippen LogP contribution in [0.1, 0.15) is 28.4 Å². The van der Waals surface area contributed by atoms with Crippen LogP contribution in [-0.4, -0.2) is 33.8 Å². The highest BCUT2D eigenvalue weighted by Crippen LogP contribution is 2.33. The number of hydrogen-bond acceptors (Lipinski definition) is 5. The highest BCUT2D eigenvalue weighted by atomic mass is 32.2. The molecule has 144 valence electrons. The monoisotopic (exact) mass is 397 g/mol. The molecule has 0 saturated carbocycles. The summed E-state index contributed by atoms with van der Waals surface area (Å²) in [5.74, 6) is -0.733. The lowest BCUT2D eigenvalue weighted by atomic mass is 10.0. The van der Waals surface area contributed by atoms with Crippen molar-refractivity contribution in [3.8, 4) is 11.5 Å². The predicted molar refractivity (Wildman–Crippen MR) is 92.9 cm³/mol. The molecule has 0 radical (unpaired) electrons. The molecule has 27 heavy (non-hydrogen) atoms. The summed E-state index contributed by atoms with van der Waals surface area (Å²) in [6.45, 7) is -3.01. The number of nitrogens with one attached hydrogen (secondary N) is 1. The third-order valence-electron chi connectivity index (χ3n) is 4.25. The van der Waals surface area contributed by atoms with Gasteiger partial charge < -0.3 is 14.8 Å². The second kappa shape index (κ2) is 7.51. The van der Waals surface area contributed by atoms with Crippen LogP contribution in [0.2, 0.25) is 0 Å². The van der Waals surface area contributed by atoms with E-state index < -0.39 is 28.4 Å². The van der Waals surface area contributed by atoms with Crippen LogP contribution < -0.4 is 14.8 Å². The minimum Gasteiger partial charge on any atom is -0.493 e. The molecule has 0 fully saturated rings. The van der Waals surface area contributed by atoms with E-state index >= 15 is 0 Å². The van der Waals surface area contributed by atoms with Gasteiger partial charge in [-0.25, -0.2) is 8.42 Å². The van der Waals surface area contributed by atoms with Gasteiger partial charge in [0, 0.05) is 5.56 Å². The first-order valence-electron chi connectivity index (χ1n) is 8.07. The Morgan fingerprint density at radius 3 is 2.63 bits per heavy atom. The van der Waals surface area contributed by atoms with Gasteiger partial charge in [0.1, 0.15) is 0 Å². The zero-order valence-corrected chi connectivity index (χ0v) is 15.1. The molecule has 0 saturated heterocycles. The summed E-state index contributed by atoms with van der Waals surface area (Å²) in [5.41, 5.74) is 0.709. The number of benzene rings is 2. The van der Waals surface area contributed by atoms with E-state index in [1.807, 2.05) is 0 Å². The van der Waals surface area contributed by atoms with Gasteiger partial charge in [0.2, 0.25) is 0 Å². The molecule has 2 aromatic carbocycles. The molecule has 0 bridgehead atoms. The summed E-state index contributed by atoms with van der Waals surface area (Å²) in [5, 5.41) is 2.79. The lowest BCUT2D eigenvalue weighted by Gasteiger charge is -2.26. The Bertz CT molecular complexity index is 962. The minimum absolute atomic E-state index is 0.00503. The van der Waals surface area contributed by atoms with Gasteiger partial charge in [-0.3, -0.25) is 4.79 Å². The Morgan fingerprint density at radius 1 is 1.19 bits per heavy atom. The van der Waals surface area contributed by atoms with Crippen LogP contribution in [0.15, 0.2) is 47.4 Å². The lowest BCUT2D eigenvalue weighted by molar-refractivity contribution is -0.0512. The van der Waals surface area contributed by atoms with Crippen molar-refractivity contribution in [1.82, 2.24) is 5.32 Å². The molecule has 1 heterocycles. The third kappa shape index (κ3) is 4.02. The Hall–Kier alpha value is -2.68. The van der Waals surface area contributed by atoms with Crippen molar-refractivity contribution >= 4 is 15.7 Å². The number of halogens is 2. The van der Waals surface area contributed by atoms with Gasteiger partial charge in [-0.05, 0) is 36.2 Å². The summed E-state index contributed by atoms with van der Waals surface area (Å²) in [7, 11) is -2.09. The molecular formula is C18H17F2NO5S. The van der Waals surface area contributed by atoms with Crippen LogP contribution in [0, 0.1) is 0 Å². The van der Waals surface area contributed by atoms with E-state index in [1.54, 1.807) is 18.2 Å². The van der Waals surface area contributed by atoms with E-state index in [0.29, 0.717) is 5.56 Å². The van der Waals surface area contributed by atoms with E-state index in [-0.39, 0.29) is 34.1 Å². The van der Waals surface area contributed by atoms with Crippen molar-refractivity contribution in [1.29, 1.82) is 0 Å². The molecule has 1 amide bonds. The van der Waals surface area contributed by atoms with Crippen molar-refractivity contribution < 1.29 is 31.5 Å². The van der Waals surface area contributed by atoms with Gasteiger partial charge >= 0.3 is 6.61 Å². The first-order chi connectivity index (χ1) is 12.8. The van der Waals surface area contributed by atoms with Gasteiger partial charge in [0.05, 0.1) is 23.8 Å². The van der Waals surface area contributed by atoms with Crippen molar-refractivity contribution in [2.45, 2.75) is 24.0 Å². The average molecular weight is 397 g/mol. The minimum atomic E-state index is -3.36. The van der Waals surface area contributed by atoms with Crippen molar-refractivity contribution in [2.24, 2.45) is 0 Å². The Kier molecular flexibility index (Phi) is 5.31. The molecule has 0 spiro atoms. The number of methoxy groups -OCH3 is 1. The number of rotatable bonds is 5. The van der Waals surface area contributed by atoms with Crippen molar-refractivity contribution in [2.75, 3.05) is 12.9 Å². The number of carbonyl (C=O) groups is 1. The Labute approximate surface area is 155 Å². The second-order valence-corrected chi connectivity index (χ2v) is 7.99. The molecule has 9 heteroatoms. The van der Waals surface area contributed by atoms with Gasteiger partial charge in [-0.15, -0.1) is 0 Å². The molecule has 1 atom stereocenters. The molecule has 1 aliphatic heterocycles. The van der Waals surface area contributed by atoms with Crippen LogP contribution in [0.5, 0.6) is 11.5 Å². The molecule has 1 unspecified atom stereocenters. The summed E-state index contributed by atoms with van der Waals surface area (Å²) in [6.07, 6.45) is 0.245. The standard InChI is InChI=1S/C18H17F2NO5S/c1-25-15-10-11(6-7-14(15)26-18(19)20)17(22)21-13-8-9-27(23,24)16-5-3-2-4-12(13)16/h2-7,10,13,18H,8-9H2,1H3,(H,21,22). The van der Waals surface area contributed by atoms with Crippen molar-refractivity contribution in [3.05, 3.63) is 53.6 Å². The molecule has 2 aromatic rings. The highest BCUT2D eigenvalue weighted by molar-refractivity contribution is 7.91. The zero-order valence-electron chi connectivity index (χ0n) is 14.3. The number of alkyl halides is 2. The largest absolute Gasteiger partial charge is 0.493 e. The first-order valence-corrected chi connectivity index (χ1v) is 9.72. The van der Waals surface area contributed by atoms with E-state index in [9.17, 15) is 22.0 Å². The summed E-state index contributed by atoms with van der Waals surface area (Å²) in [6, 6.07) is 9.89. The lowest BCUT2D eigenvalue weighted by Crippen LogP contribution is -2.33. The van der Waals surface area contributed by atoms with Gasteiger partial charge in [-0.2, -0.15) is 8.78 Å². The Balaban J connectivity index is 1.84. The van der Waals surface area contributed by atoms with E-state index in [2.05, 4.69) is 10.1 Å². The maximum absolute atomic E-state index is 12.6.